The number of anilines is 2. The molecule has 0 fully saturated rings. The van der Waals surface area contributed by atoms with Crippen molar-refractivity contribution < 1.29 is 0 Å². The number of nitrogens with zero attached hydrogens (tertiary/aromatic N) is 2. The second kappa shape index (κ2) is 6.03. The maximum Gasteiger partial charge on any atom is 0.135 e. The van der Waals surface area contributed by atoms with E-state index >= 15 is 0 Å². The Morgan fingerprint density at radius 3 is 2.22 bits per heavy atom. The topological polar surface area (TPSA) is 63.8 Å². The average Bonchev–Trinajstić information content (AvgIpc) is 2.29. The van der Waals surface area contributed by atoms with Gasteiger partial charge in [0, 0.05) is 18.0 Å². The summed E-state index contributed by atoms with van der Waals surface area (Å²) in [6.45, 7) is 13.7. The second-order valence-electron chi connectivity index (χ2n) is 5.70. The van der Waals surface area contributed by atoms with E-state index in [0.717, 1.165) is 23.8 Å². The zero-order chi connectivity index (χ0) is 13.9. The van der Waals surface area contributed by atoms with E-state index < -0.39 is 0 Å². The quantitative estimate of drug-likeness (QED) is 0.842. The van der Waals surface area contributed by atoms with Crippen LogP contribution in [0.15, 0.2) is 0 Å². The van der Waals surface area contributed by atoms with Crippen molar-refractivity contribution in [3.05, 3.63) is 11.4 Å². The molecule has 0 saturated carbocycles. The first-order valence-corrected chi connectivity index (χ1v) is 6.70. The fourth-order valence-electron chi connectivity index (χ4n) is 1.48. The summed E-state index contributed by atoms with van der Waals surface area (Å²) < 4.78 is 0. The van der Waals surface area contributed by atoms with Crippen LogP contribution in [0.25, 0.3) is 0 Å². The number of rotatable bonds is 5. The summed E-state index contributed by atoms with van der Waals surface area (Å²) in [5, 5.41) is 3.40. The van der Waals surface area contributed by atoms with Crippen molar-refractivity contribution in [1.29, 1.82) is 0 Å². The third kappa shape index (κ3) is 3.59. The Morgan fingerprint density at radius 2 is 1.72 bits per heavy atom. The van der Waals surface area contributed by atoms with E-state index in [9.17, 15) is 0 Å². The number of hydrogen-bond acceptors (Lipinski definition) is 4. The van der Waals surface area contributed by atoms with Crippen LogP contribution in [-0.4, -0.2) is 16.5 Å². The van der Waals surface area contributed by atoms with E-state index in [1.165, 1.54) is 0 Å². The molecule has 0 aliphatic rings. The van der Waals surface area contributed by atoms with E-state index in [0.29, 0.717) is 17.7 Å². The lowest BCUT2D eigenvalue weighted by Gasteiger charge is -2.18. The van der Waals surface area contributed by atoms with Crippen molar-refractivity contribution >= 4 is 11.6 Å². The van der Waals surface area contributed by atoms with Gasteiger partial charge in [-0.2, -0.15) is 0 Å². The maximum absolute atomic E-state index is 5.93. The van der Waals surface area contributed by atoms with Gasteiger partial charge >= 0.3 is 0 Å². The van der Waals surface area contributed by atoms with Gasteiger partial charge in [0.2, 0.25) is 0 Å². The molecule has 4 nitrogen and oxygen atoms in total. The summed E-state index contributed by atoms with van der Waals surface area (Å²) in [4.78, 5) is 8.88. The SMILES string of the molecule is Cc1c(N)nc(C(C)C)nc1NCC(C)C(C)C. The molecule has 102 valence electrons. The van der Waals surface area contributed by atoms with Crippen molar-refractivity contribution in [3.63, 3.8) is 0 Å². The van der Waals surface area contributed by atoms with Crippen LogP contribution in [0.3, 0.4) is 0 Å². The molecule has 1 rings (SSSR count). The smallest absolute Gasteiger partial charge is 0.135 e. The van der Waals surface area contributed by atoms with Crippen LogP contribution < -0.4 is 11.1 Å². The molecule has 4 heteroatoms. The Bertz CT molecular complexity index is 399. The fraction of sp³-hybridized carbons (Fsp3) is 0.714. The van der Waals surface area contributed by atoms with Crippen molar-refractivity contribution in [2.45, 2.75) is 47.5 Å². The standard InChI is InChI=1S/C14H26N4/c1-8(2)10(5)7-16-14-11(6)12(15)17-13(18-14)9(3)4/h8-10H,7H2,1-6H3,(H3,15,16,17,18). The van der Waals surface area contributed by atoms with E-state index in [2.05, 4.69) is 49.9 Å². The van der Waals surface area contributed by atoms with Gasteiger partial charge in [0.05, 0.1) is 0 Å². The molecule has 0 aliphatic carbocycles. The van der Waals surface area contributed by atoms with Gasteiger partial charge in [0.1, 0.15) is 17.5 Å². The van der Waals surface area contributed by atoms with Crippen molar-refractivity contribution in [2.24, 2.45) is 11.8 Å². The predicted molar refractivity (Wildman–Crippen MR) is 77.8 cm³/mol. The van der Waals surface area contributed by atoms with Crippen LogP contribution in [0.4, 0.5) is 11.6 Å². The molecule has 0 aromatic carbocycles. The Balaban J connectivity index is 2.87. The minimum atomic E-state index is 0.288. The molecule has 18 heavy (non-hydrogen) atoms. The van der Waals surface area contributed by atoms with Crippen LogP contribution in [0.2, 0.25) is 0 Å². The molecule has 1 aromatic heterocycles. The number of aromatic nitrogens is 2. The molecule has 0 saturated heterocycles. The predicted octanol–water partition coefficient (Wildman–Crippen LogP) is 3.19. The molecular weight excluding hydrogens is 224 g/mol. The lowest BCUT2D eigenvalue weighted by atomic mass is 9.98. The Morgan fingerprint density at radius 1 is 1.11 bits per heavy atom. The largest absolute Gasteiger partial charge is 0.383 e. The second-order valence-corrected chi connectivity index (χ2v) is 5.70. The summed E-state index contributed by atoms with van der Waals surface area (Å²) in [6.07, 6.45) is 0. The number of nitrogen functional groups attached to an aromatic ring is 1. The summed E-state index contributed by atoms with van der Waals surface area (Å²) in [5.41, 5.74) is 6.87. The Kier molecular flexibility index (Phi) is 4.93. The molecule has 0 aliphatic heterocycles. The summed E-state index contributed by atoms with van der Waals surface area (Å²) >= 11 is 0. The van der Waals surface area contributed by atoms with Gasteiger partial charge in [-0.3, -0.25) is 0 Å². The molecular formula is C14H26N4. The fourth-order valence-corrected chi connectivity index (χ4v) is 1.48. The first-order chi connectivity index (χ1) is 8.32. The van der Waals surface area contributed by atoms with Crippen LogP contribution in [-0.2, 0) is 0 Å². The van der Waals surface area contributed by atoms with Gasteiger partial charge in [-0.05, 0) is 18.8 Å². The van der Waals surface area contributed by atoms with Crippen LogP contribution >= 0.6 is 0 Å². The van der Waals surface area contributed by atoms with Crippen molar-refractivity contribution in [2.75, 3.05) is 17.6 Å². The van der Waals surface area contributed by atoms with Crippen molar-refractivity contribution in [1.82, 2.24) is 9.97 Å². The molecule has 1 atom stereocenters. The first-order valence-electron chi connectivity index (χ1n) is 6.70. The molecule has 0 bridgehead atoms. The number of hydrogen-bond donors (Lipinski definition) is 2. The molecule has 0 spiro atoms. The third-order valence-electron chi connectivity index (χ3n) is 3.45. The highest BCUT2D eigenvalue weighted by atomic mass is 15.1. The van der Waals surface area contributed by atoms with Gasteiger partial charge in [0.15, 0.2) is 0 Å². The minimum Gasteiger partial charge on any atom is -0.383 e. The highest BCUT2D eigenvalue weighted by Gasteiger charge is 2.13. The highest BCUT2D eigenvalue weighted by molar-refractivity contribution is 5.54. The monoisotopic (exact) mass is 250 g/mol. The number of nitrogens with one attached hydrogen (secondary N) is 1. The summed E-state index contributed by atoms with van der Waals surface area (Å²) in [7, 11) is 0. The van der Waals surface area contributed by atoms with Gasteiger partial charge in [-0.1, -0.05) is 34.6 Å². The molecule has 1 heterocycles. The van der Waals surface area contributed by atoms with E-state index in [1.54, 1.807) is 0 Å². The highest BCUT2D eigenvalue weighted by Crippen LogP contribution is 2.21. The zero-order valence-electron chi connectivity index (χ0n) is 12.4. The molecule has 0 amide bonds. The first kappa shape index (κ1) is 14.7. The zero-order valence-corrected chi connectivity index (χ0v) is 12.4. The van der Waals surface area contributed by atoms with E-state index in [-0.39, 0.29) is 5.92 Å². The number of nitrogens with two attached hydrogens (primary N) is 1. The molecule has 1 aromatic rings. The Labute approximate surface area is 110 Å². The van der Waals surface area contributed by atoms with E-state index in [1.807, 2.05) is 6.92 Å². The summed E-state index contributed by atoms with van der Waals surface area (Å²) in [6, 6.07) is 0. The van der Waals surface area contributed by atoms with Crippen LogP contribution in [0, 0.1) is 18.8 Å². The lowest BCUT2D eigenvalue weighted by molar-refractivity contribution is 0.439. The lowest BCUT2D eigenvalue weighted by Crippen LogP contribution is -2.18. The molecule has 1 unspecified atom stereocenters. The molecule has 0 radical (unpaired) electrons. The average molecular weight is 250 g/mol. The van der Waals surface area contributed by atoms with Crippen molar-refractivity contribution in [3.8, 4) is 0 Å². The Hall–Kier alpha value is -1.32. The molecule has 3 N–H and O–H groups in total. The van der Waals surface area contributed by atoms with Gasteiger partial charge in [-0.15, -0.1) is 0 Å². The maximum atomic E-state index is 5.93. The third-order valence-corrected chi connectivity index (χ3v) is 3.45. The summed E-state index contributed by atoms with van der Waals surface area (Å²) in [5.74, 6) is 3.80. The van der Waals surface area contributed by atoms with Gasteiger partial charge in [0.25, 0.3) is 0 Å². The van der Waals surface area contributed by atoms with Gasteiger partial charge < -0.3 is 11.1 Å². The van der Waals surface area contributed by atoms with Crippen LogP contribution in [0.1, 0.15) is 51.9 Å². The van der Waals surface area contributed by atoms with Gasteiger partial charge in [-0.25, -0.2) is 9.97 Å². The normalized spacial score (nSPS) is 13.1. The van der Waals surface area contributed by atoms with Crippen LogP contribution in [0.5, 0.6) is 0 Å². The van der Waals surface area contributed by atoms with E-state index in [4.69, 9.17) is 5.73 Å². The minimum absolute atomic E-state index is 0.288.